The van der Waals surface area contributed by atoms with Crippen LogP contribution in [0.4, 0.5) is 0 Å². The van der Waals surface area contributed by atoms with E-state index in [0.717, 1.165) is 6.04 Å². The minimum absolute atomic E-state index is 0.359. The van der Waals surface area contributed by atoms with Gasteiger partial charge in [0.25, 0.3) is 0 Å². The van der Waals surface area contributed by atoms with Crippen molar-refractivity contribution in [1.82, 2.24) is 4.72 Å². The first kappa shape index (κ1) is 10.4. The SMILES string of the molecule is CC(C)(C)SNC1CCCCC1. The highest BCUT2D eigenvalue weighted by Gasteiger charge is 2.16. The molecule has 1 fully saturated rings. The van der Waals surface area contributed by atoms with E-state index in [1.807, 2.05) is 11.9 Å². The Hall–Kier alpha value is 0.310. The molecular formula is C10H21NS. The normalized spacial score (nSPS) is 21.2. The van der Waals surface area contributed by atoms with Gasteiger partial charge in [0.2, 0.25) is 0 Å². The summed E-state index contributed by atoms with van der Waals surface area (Å²) < 4.78 is 3.94. The Morgan fingerprint density at radius 2 is 1.67 bits per heavy atom. The largest absolute Gasteiger partial charge is 0.261 e. The minimum atomic E-state index is 0.359. The van der Waals surface area contributed by atoms with Crippen LogP contribution in [0.25, 0.3) is 0 Å². The number of hydrogen-bond donors (Lipinski definition) is 1. The van der Waals surface area contributed by atoms with E-state index in [4.69, 9.17) is 0 Å². The maximum absolute atomic E-state index is 3.58. The molecule has 1 rings (SSSR count). The predicted octanol–water partition coefficient (Wildman–Crippen LogP) is 3.36. The standard InChI is InChI=1S/C10H21NS/c1-10(2,3)12-11-9-7-5-4-6-8-9/h9,11H,4-8H2,1-3H3. The van der Waals surface area contributed by atoms with E-state index in [2.05, 4.69) is 25.5 Å². The van der Waals surface area contributed by atoms with Crippen molar-refractivity contribution in [3.63, 3.8) is 0 Å². The molecule has 0 aromatic carbocycles. The molecule has 1 nitrogen and oxygen atoms in total. The van der Waals surface area contributed by atoms with Crippen molar-refractivity contribution in [2.24, 2.45) is 0 Å². The monoisotopic (exact) mass is 187 g/mol. The summed E-state index contributed by atoms with van der Waals surface area (Å²) in [6.07, 6.45) is 7.04. The van der Waals surface area contributed by atoms with Crippen molar-refractivity contribution in [3.05, 3.63) is 0 Å². The van der Waals surface area contributed by atoms with Crippen LogP contribution in [-0.2, 0) is 0 Å². The molecule has 0 bridgehead atoms. The zero-order valence-electron chi connectivity index (χ0n) is 8.52. The molecular weight excluding hydrogens is 166 g/mol. The zero-order chi connectivity index (χ0) is 9.03. The quantitative estimate of drug-likeness (QED) is 0.665. The fourth-order valence-electron chi connectivity index (χ4n) is 1.48. The van der Waals surface area contributed by atoms with Gasteiger partial charge in [0.1, 0.15) is 0 Å². The highest BCUT2D eigenvalue weighted by atomic mass is 32.2. The van der Waals surface area contributed by atoms with Crippen LogP contribution < -0.4 is 4.72 Å². The first-order valence-electron chi connectivity index (χ1n) is 5.01. The number of rotatable bonds is 2. The van der Waals surface area contributed by atoms with E-state index in [9.17, 15) is 0 Å². The third-order valence-electron chi connectivity index (χ3n) is 2.14. The summed E-state index contributed by atoms with van der Waals surface area (Å²) in [5, 5.41) is 0. The lowest BCUT2D eigenvalue weighted by atomic mass is 9.96. The molecule has 0 aromatic rings. The molecule has 2 heteroatoms. The van der Waals surface area contributed by atoms with Gasteiger partial charge in [-0.25, -0.2) is 0 Å². The van der Waals surface area contributed by atoms with Crippen LogP contribution in [0.1, 0.15) is 52.9 Å². The van der Waals surface area contributed by atoms with Gasteiger partial charge in [0, 0.05) is 10.8 Å². The third kappa shape index (κ3) is 4.36. The topological polar surface area (TPSA) is 12.0 Å². The van der Waals surface area contributed by atoms with Gasteiger partial charge in [-0.3, -0.25) is 4.72 Å². The summed E-state index contributed by atoms with van der Waals surface area (Å²) >= 11 is 1.89. The highest BCUT2D eigenvalue weighted by Crippen LogP contribution is 2.24. The Balaban J connectivity index is 2.13. The zero-order valence-corrected chi connectivity index (χ0v) is 9.34. The van der Waals surface area contributed by atoms with Crippen molar-refractivity contribution in [3.8, 4) is 0 Å². The van der Waals surface area contributed by atoms with Crippen molar-refractivity contribution in [2.75, 3.05) is 0 Å². The lowest BCUT2D eigenvalue weighted by Crippen LogP contribution is -2.29. The van der Waals surface area contributed by atoms with Crippen LogP contribution in [0.2, 0.25) is 0 Å². The average molecular weight is 187 g/mol. The van der Waals surface area contributed by atoms with Crippen molar-refractivity contribution in [2.45, 2.75) is 63.7 Å². The summed E-state index contributed by atoms with van der Waals surface area (Å²) in [6.45, 7) is 6.77. The maximum Gasteiger partial charge on any atom is 0.0220 e. The van der Waals surface area contributed by atoms with E-state index in [-0.39, 0.29) is 0 Å². The molecule has 1 aliphatic rings. The fourth-order valence-corrected chi connectivity index (χ4v) is 2.24. The van der Waals surface area contributed by atoms with Crippen molar-refractivity contribution < 1.29 is 0 Å². The Morgan fingerprint density at radius 3 is 2.17 bits per heavy atom. The average Bonchev–Trinajstić information content (AvgIpc) is 2.02. The van der Waals surface area contributed by atoms with Gasteiger partial charge in [-0.2, -0.15) is 0 Å². The molecule has 72 valence electrons. The molecule has 0 aliphatic heterocycles. The molecule has 0 aromatic heterocycles. The Labute approximate surface area is 80.8 Å². The molecule has 1 saturated carbocycles. The molecule has 0 amide bonds. The Bertz CT molecular complexity index is 122. The summed E-state index contributed by atoms with van der Waals surface area (Å²) in [5.74, 6) is 0. The summed E-state index contributed by atoms with van der Waals surface area (Å²) in [7, 11) is 0. The second-order valence-corrected chi connectivity index (χ2v) is 6.33. The van der Waals surface area contributed by atoms with Gasteiger partial charge in [-0.05, 0) is 33.6 Å². The smallest absolute Gasteiger partial charge is 0.0220 e. The van der Waals surface area contributed by atoms with E-state index >= 15 is 0 Å². The fraction of sp³-hybridized carbons (Fsp3) is 1.00. The first-order chi connectivity index (χ1) is 5.58. The van der Waals surface area contributed by atoms with Crippen LogP contribution in [0, 0.1) is 0 Å². The van der Waals surface area contributed by atoms with Gasteiger partial charge in [-0.15, -0.1) is 0 Å². The summed E-state index contributed by atoms with van der Waals surface area (Å²) in [4.78, 5) is 0. The van der Waals surface area contributed by atoms with Gasteiger partial charge in [0.05, 0.1) is 0 Å². The summed E-state index contributed by atoms with van der Waals surface area (Å²) in [6, 6.07) is 0.781. The van der Waals surface area contributed by atoms with E-state index in [0.29, 0.717) is 4.75 Å². The Kier molecular flexibility index (Phi) is 3.91. The number of hydrogen-bond acceptors (Lipinski definition) is 2. The second kappa shape index (κ2) is 4.52. The Morgan fingerprint density at radius 1 is 1.08 bits per heavy atom. The molecule has 1 N–H and O–H groups in total. The van der Waals surface area contributed by atoms with Crippen molar-refractivity contribution >= 4 is 11.9 Å². The molecule has 0 spiro atoms. The van der Waals surface area contributed by atoms with E-state index in [1.54, 1.807) is 0 Å². The van der Waals surface area contributed by atoms with Crippen LogP contribution in [0.15, 0.2) is 0 Å². The number of nitrogens with one attached hydrogen (secondary N) is 1. The molecule has 0 radical (unpaired) electrons. The van der Waals surface area contributed by atoms with Crippen LogP contribution in [0.3, 0.4) is 0 Å². The predicted molar refractivity (Wildman–Crippen MR) is 57.4 cm³/mol. The molecule has 1 aliphatic carbocycles. The maximum atomic E-state index is 3.58. The molecule has 0 saturated heterocycles. The van der Waals surface area contributed by atoms with Crippen LogP contribution >= 0.6 is 11.9 Å². The first-order valence-corrected chi connectivity index (χ1v) is 5.83. The lowest BCUT2D eigenvalue weighted by Gasteiger charge is -2.26. The van der Waals surface area contributed by atoms with Gasteiger partial charge >= 0.3 is 0 Å². The highest BCUT2D eigenvalue weighted by molar-refractivity contribution is 7.98. The third-order valence-corrected chi connectivity index (χ3v) is 3.20. The van der Waals surface area contributed by atoms with Crippen LogP contribution in [-0.4, -0.2) is 10.8 Å². The van der Waals surface area contributed by atoms with Crippen molar-refractivity contribution in [1.29, 1.82) is 0 Å². The van der Waals surface area contributed by atoms with Crippen LogP contribution in [0.5, 0.6) is 0 Å². The minimum Gasteiger partial charge on any atom is -0.261 e. The lowest BCUT2D eigenvalue weighted by molar-refractivity contribution is 0.422. The van der Waals surface area contributed by atoms with Gasteiger partial charge in [-0.1, -0.05) is 31.2 Å². The van der Waals surface area contributed by atoms with Gasteiger partial charge < -0.3 is 0 Å². The molecule has 12 heavy (non-hydrogen) atoms. The molecule has 0 unspecified atom stereocenters. The second-order valence-electron chi connectivity index (χ2n) is 4.67. The molecule has 0 atom stereocenters. The van der Waals surface area contributed by atoms with Gasteiger partial charge in [0.15, 0.2) is 0 Å². The van der Waals surface area contributed by atoms with E-state index < -0.39 is 0 Å². The summed E-state index contributed by atoms with van der Waals surface area (Å²) in [5.41, 5.74) is 0. The molecule has 0 heterocycles. The van der Waals surface area contributed by atoms with E-state index in [1.165, 1.54) is 32.1 Å².